The molecule has 0 saturated carbocycles. The molecule has 2 heterocycles. The number of halogens is 3. The highest BCUT2D eigenvalue weighted by Crippen LogP contribution is 2.25. The van der Waals surface area contributed by atoms with Crippen LogP contribution in [0, 0.1) is 0 Å². The van der Waals surface area contributed by atoms with Crippen LogP contribution in [-0.4, -0.2) is 114 Å². The molecular weight excluding hydrogens is 569 g/mol. The van der Waals surface area contributed by atoms with Crippen molar-refractivity contribution in [3.63, 3.8) is 0 Å². The Hall–Kier alpha value is -4.21. The monoisotopic (exact) mass is 602 g/mol. The van der Waals surface area contributed by atoms with Crippen molar-refractivity contribution in [2.24, 2.45) is 0 Å². The number of esters is 1. The van der Waals surface area contributed by atoms with Gasteiger partial charge in [-0.25, -0.2) is 4.79 Å². The predicted molar refractivity (Wildman–Crippen MR) is 138 cm³/mol. The standard InChI is InChI=1S/C24H32N4O7.C2HF3O2/c1-15(26-22(32)18-5-3-16(4-6-18)17-7-9-25-10-8-17)23(33)28-12-11-27(14-20(29)30)24(34)19(28)13-21(31)35-2;3-2(4,5)1(6)7/h3-6,15,17,19,25H,7-14H2,1-2H3,(H,26,32)(H,29,30);(H,6,7). The second kappa shape index (κ2) is 15.1. The van der Waals surface area contributed by atoms with Crippen LogP contribution in [0.15, 0.2) is 24.3 Å². The van der Waals surface area contributed by atoms with Crippen molar-refractivity contribution in [3.05, 3.63) is 35.4 Å². The molecule has 2 saturated heterocycles. The van der Waals surface area contributed by atoms with Gasteiger partial charge < -0.3 is 35.4 Å². The number of aliphatic carboxylic acids is 2. The SMILES string of the molecule is COC(=O)CC1C(=O)N(CC(=O)O)CCN1C(=O)C(C)NC(=O)c1ccc(C2CCNCC2)cc1.O=C(O)C(F)(F)F. The first-order valence-corrected chi connectivity index (χ1v) is 12.9. The zero-order valence-corrected chi connectivity index (χ0v) is 23.0. The van der Waals surface area contributed by atoms with Crippen LogP contribution in [0.1, 0.15) is 48.0 Å². The van der Waals surface area contributed by atoms with Gasteiger partial charge in [-0.15, -0.1) is 0 Å². The fourth-order valence-corrected chi connectivity index (χ4v) is 4.51. The highest BCUT2D eigenvalue weighted by atomic mass is 19.4. The predicted octanol–water partition coefficient (Wildman–Crippen LogP) is 0.592. The first-order chi connectivity index (χ1) is 19.6. The summed E-state index contributed by atoms with van der Waals surface area (Å²) in [7, 11) is 1.16. The summed E-state index contributed by atoms with van der Waals surface area (Å²) in [5.74, 6) is -5.81. The first-order valence-electron chi connectivity index (χ1n) is 12.9. The van der Waals surface area contributed by atoms with Gasteiger partial charge in [-0.05, 0) is 56.5 Å². The highest BCUT2D eigenvalue weighted by Gasteiger charge is 2.41. The van der Waals surface area contributed by atoms with Crippen LogP contribution in [-0.2, 0) is 28.7 Å². The van der Waals surface area contributed by atoms with Crippen LogP contribution in [0.5, 0.6) is 0 Å². The van der Waals surface area contributed by atoms with Gasteiger partial charge >= 0.3 is 24.1 Å². The van der Waals surface area contributed by atoms with Gasteiger partial charge in [0.05, 0.1) is 13.5 Å². The summed E-state index contributed by atoms with van der Waals surface area (Å²) in [5, 5.41) is 22.2. The zero-order valence-electron chi connectivity index (χ0n) is 23.0. The van der Waals surface area contributed by atoms with Crippen LogP contribution in [0.3, 0.4) is 0 Å². The topological polar surface area (TPSA) is 183 Å². The molecular formula is C26H33F3N4O9. The second-order valence-electron chi connectivity index (χ2n) is 9.63. The molecule has 1 aromatic rings. The van der Waals surface area contributed by atoms with Crippen LogP contribution < -0.4 is 10.6 Å². The fraction of sp³-hybridized carbons (Fsp3) is 0.538. The van der Waals surface area contributed by atoms with Crippen molar-refractivity contribution in [1.82, 2.24) is 20.4 Å². The van der Waals surface area contributed by atoms with Crippen LogP contribution >= 0.6 is 0 Å². The number of carboxylic acids is 2. The Morgan fingerprint density at radius 3 is 2.14 bits per heavy atom. The Kier molecular flexibility index (Phi) is 12.3. The molecule has 1 aromatic carbocycles. The number of rotatable bonds is 8. The van der Waals surface area contributed by atoms with Gasteiger partial charge in [-0.3, -0.25) is 24.0 Å². The number of ether oxygens (including phenoxy) is 1. The Balaban J connectivity index is 0.000000782. The number of methoxy groups -OCH3 is 1. The number of carbonyl (C=O) groups is 6. The van der Waals surface area contributed by atoms with Gasteiger partial charge in [-0.1, -0.05) is 12.1 Å². The lowest BCUT2D eigenvalue weighted by molar-refractivity contribution is -0.192. The maximum Gasteiger partial charge on any atom is 0.490 e. The molecule has 0 aliphatic carbocycles. The van der Waals surface area contributed by atoms with E-state index in [-0.39, 0.29) is 13.1 Å². The summed E-state index contributed by atoms with van der Waals surface area (Å²) < 4.78 is 36.4. The average Bonchev–Trinajstić information content (AvgIpc) is 2.94. The number of alkyl halides is 3. The van der Waals surface area contributed by atoms with Crippen molar-refractivity contribution in [2.75, 3.05) is 39.8 Å². The molecule has 2 aliphatic heterocycles. The quantitative estimate of drug-likeness (QED) is 0.307. The van der Waals surface area contributed by atoms with E-state index in [4.69, 9.17) is 15.0 Å². The van der Waals surface area contributed by atoms with Gasteiger partial charge in [0.25, 0.3) is 5.91 Å². The van der Waals surface area contributed by atoms with E-state index in [1.54, 1.807) is 12.1 Å². The third kappa shape index (κ3) is 9.71. The van der Waals surface area contributed by atoms with E-state index in [0.29, 0.717) is 11.5 Å². The number of hydrogen-bond donors (Lipinski definition) is 4. The summed E-state index contributed by atoms with van der Waals surface area (Å²) in [5.41, 5.74) is 1.59. The Bertz CT molecular complexity index is 1150. The number of nitrogens with one attached hydrogen (secondary N) is 2. The van der Waals surface area contributed by atoms with Gasteiger partial charge in [-0.2, -0.15) is 13.2 Å². The molecule has 2 unspecified atom stereocenters. The minimum atomic E-state index is -5.08. The van der Waals surface area contributed by atoms with Gasteiger partial charge in [0.1, 0.15) is 18.6 Å². The van der Waals surface area contributed by atoms with Gasteiger partial charge in [0.15, 0.2) is 0 Å². The number of amides is 3. The maximum atomic E-state index is 13.1. The lowest BCUT2D eigenvalue weighted by Crippen LogP contribution is -2.62. The van der Waals surface area contributed by atoms with Crippen LogP contribution in [0.4, 0.5) is 13.2 Å². The Labute approximate surface area is 239 Å². The van der Waals surface area contributed by atoms with E-state index >= 15 is 0 Å². The molecule has 13 nitrogen and oxygen atoms in total. The van der Waals surface area contributed by atoms with Crippen molar-refractivity contribution in [1.29, 1.82) is 0 Å². The van der Waals surface area contributed by atoms with E-state index in [2.05, 4.69) is 15.4 Å². The molecule has 3 rings (SSSR count). The molecule has 0 spiro atoms. The molecule has 232 valence electrons. The number of piperazine rings is 1. The van der Waals surface area contributed by atoms with Crippen molar-refractivity contribution in [3.8, 4) is 0 Å². The van der Waals surface area contributed by atoms with Crippen molar-refractivity contribution >= 4 is 35.6 Å². The summed E-state index contributed by atoms with van der Waals surface area (Å²) in [6.45, 7) is 2.95. The number of piperidine rings is 1. The number of carboxylic acid groups (broad SMARTS) is 2. The molecule has 2 atom stereocenters. The largest absolute Gasteiger partial charge is 0.490 e. The lowest BCUT2D eigenvalue weighted by atomic mass is 9.90. The maximum absolute atomic E-state index is 13.1. The third-order valence-corrected chi connectivity index (χ3v) is 6.72. The summed E-state index contributed by atoms with van der Waals surface area (Å²) >= 11 is 0. The Morgan fingerprint density at radius 1 is 1.07 bits per heavy atom. The second-order valence-corrected chi connectivity index (χ2v) is 9.63. The fourth-order valence-electron chi connectivity index (χ4n) is 4.51. The molecule has 3 amide bonds. The van der Waals surface area contributed by atoms with Gasteiger partial charge in [0.2, 0.25) is 11.8 Å². The molecule has 16 heteroatoms. The van der Waals surface area contributed by atoms with E-state index in [1.165, 1.54) is 17.4 Å². The molecule has 0 radical (unpaired) electrons. The summed E-state index contributed by atoms with van der Waals surface area (Å²) in [4.78, 5) is 72.9. The number of nitrogens with zero attached hydrogens (tertiary/aromatic N) is 2. The molecule has 4 N–H and O–H groups in total. The summed E-state index contributed by atoms with van der Waals surface area (Å²) in [6, 6.07) is 5.17. The summed E-state index contributed by atoms with van der Waals surface area (Å²) in [6.07, 6.45) is -3.40. The van der Waals surface area contributed by atoms with E-state index in [9.17, 15) is 37.1 Å². The number of carbonyl (C=O) groups excluding carboxylic acids is 4. The molecule has 0 bridgehead atoms. The number of benzene rings is 1. The molecule has 2 fully saturated rings. The average molecular weight is 603 g/mol. The van der Waals surface area contributed by atoms with Crippen LogP contribution in [0.25, 0.3) is 0 Å². The van der Waals surface area contributed by atoms with Gasteiger partial charge in [0, 0.05) is 18.7 Å². The third-order valence-electron chi connectivity index (χ3n) is 6.72. The molecule has 42 heavy (non-hydrogen) atoms. The first kappa shape index (κ1) is 34.0. The van der Waals surface area contributed by atoms with Crippen molar-refractivity contribution in [2.45, 2.75) is 50.4 Å². The van der Waals surface area contributed by atoms with E-state index < -0.39 is 66.9 Å². The normalized spacial score (nSPS) is 18.3. The smallest absolute Gasteiger partial charge is 0.480 e. The minimum Gasteiger partial charge on any atom is -0.480 e. The van der Waals surface area contributed by atoms with E-state index in [1.807, 2.05) is 12.1 Å². The zero-order chi connectivity index (χ0) is 31.6. The molecule has 2 aliphatic rings. The number of hydrogen-bond acceptors (Lipinski definition) is 8. The minimum absolute atomic E-state index is 0.00730. The highest BCUT2D eigenvalue weighted by molar-refractivity contribution is 5.99. The molecule has 0 aromatic heterocycles. The Morgan fingerprint density at radius 2 is 1.64 bits per heavy atom. The van der Waals surface area contributed by atoms with E-state index in [0.717, 1.165) is 37.9 Å². The van der Waals surface area contributed by atoms with Crippen molar-refractivity contribution < 1.29 is 56.9 Å². The van der Waals surface area contributed by atoms with Crippen LogP contribution in [0.2, 0.25) is 0 Å². The lowest BCUT2D eigenvalue weighted by Gasteiger charge is -2.40.